The zero-order valence-corrected chi connectivity index (χ0v) is 18.4. The number of hydrogen-bond donors (Lipinski definition) is 2. The average molecular weight is 484 g/mol. The van der Waals surface area contributed by atoms with Crippen molar-refractivity contribution >= 4 is 35.2 Å². The summed E-state index contributed by atoms with van der Waals surface area (Å²) in [6.45, 7) is 1.57. The Kier molecular flexibility index (Phi) is 5.30. The predicted octanol–water partition coefficient (Wildman–Crippen LogP) is 2.74. The van der Waals surface area contributed by atoms with Crippen molar-refractivity contribution < 1.29 is 28.5 Å². The molecule has 1 aromatic heterocycles. The Bertz CT molecular complexity index is 1200. The van der Waals surface area contributed by atoms with Crippen LogP contribution in [0.4, 0.5) is 19.3 Å². The van der Waals surface area contributed by atoms with E-state index in [0.717, 1.165) is 31.7 Å². The smallest absolute Gasteiger partial charge is 0.449 e. The number of fused-ring (bicyclic) bond motifs is 4. The molecule has 4 heterocycles. The van der Waals surface area contributed by atoms with Gasteiger partial charge < -0.3 is 24.4 Å². The van der Waals surface area contributed by atoms with Gasteiger partial charge in [-0.2, -0.15) is 0 Å². The number of carbonyl (C=O) groups is 1. The Labute approximate surface area is 193 Å². The number of ether oxygens (including phenoxy) is 1. The van der Waals surface area contributed by atoms with E-state index in [1.54, 1.807) is 4.90 Å². The van der Waals surface area contributed by atoms with Gasteiger partial charge in [-0.05, 0) is 37.7 Å². The van der Waals surface area contributed by atoms with Crippen LogP contribution in [-0.2, 0) is 0 Å². The van der Waals surface area contributed by atoms with Crippen LogP contribution in [0.1, 0.15) is 31.7 Å². The number of benzene rings is 1. The quantitative estimate of drug-likeness (QED) is 0.648. The molecule has 0 bridgehead atoms. The van der Waals surface area contributed by atoms with E-state index >= 15 is 8.78 Å². The number of hydrogen-bond acceptors (Lipinski definition) is 6. The van der Waals surface area contributed by atoms with Crippen LogP contribution in [0.15, 0.2) is 17.1 Å². The lowest BCUT2D eigenvalue weighted by molar-refractivity contribution is 0.143. The van der Waals surface area contributed by atoms with Gasteiger partial charge in [-0.1, -0.05) is 0 Å². The fraction of sp³-hybridized carbons (Fsp3) is 0.545. The van der Waals surface area contributed by atoms with Crippen LogP contribution in [0.3, 0.4) is 0 Å². The summed E-state index contributed by atoms with van der Waals surface area (Å²) < 4.78 is 37.2. The summed E-state index contributed by atoms with van der Waals surface area (Å²) in [7, 11) is 0. The minimum Gasteiger partial charge on any atom is -0.449 e. The molecular formula is C22H24ClF2N3O5. The molecule has 3 saturated heterocycles. The highest BCUT2D eigenvalue weighted by Crippen LogP contribution is 2.44. The van der Waals surface area contributed by atoms with Gasteiger partial charge in [0.25, 0.3) is 0 Å². The molecule has 33 heavy (non-hydrogen) atoms. The number of aliphatic hydroxyl groups excluding tert-OH is 1. The van der Waals surface area contributed by atoms with Crippen LogP contribution >= 0.6 is 12.4 Å². The first-order valence-electron chi connectivity index (χ1n) is 11.0. The molecule has 8 nitrogen and oxygen atoms in total. The van der Waals surface area contributed by atoms with Crippen LogP contribution in [-0.4, -0.2) is 63.7 Å². The molecular weight excluding hydrogens is 460 g/mol. The number of anilines is 1. The second-order valence-corrected chi connectivity index (χ2v) is 9.45. The maximum Gasteiger partial charge on any atom is 0.511 e. The third kappa shape index (κ3) is 3.46. The summed E-state index contributed by atoms with van der Waals surface area (Å²) in [5, 5.41) is 18.7. The maximum absolute atomic E-state index is 15.9. The number of pyridine rings is 1. The van der Waals surface area contributed by atoms with Crippen LogP contribution in [0, 0.1) is 17.6 Å². The van der Waals surface area contributed by atoms with Gasteiger partial charge in [0.2, 0.25) is 5.43 Å². The average Bonchev–Trinajstić information content (AvgIpc) is 3.29. The summed E-state index contributed by atoms with van der Waals surface area (Å²) >= 11 is 0. The van der Waals surface area contributed by atoms with Gasteiger partial charge in [0.1, 0.15) is 11.5 Å². The normalized spacial score (nSPS) is 28.6. The first kappa shape index (κ1) is 22.4. The molecule has 6 rings (SSSR count). The summed E-state index contributed by atoms with van der Waals surface area (Å²) in [6, 6.07) is 1.39. The van der Waals surface area contributed by atoms with Crippen LogP contribution < -0.4 is 15.1 Å². The minimum atomic E-state index is -1.66. The number of nitrogens with zero attached hydrogens (tertiary/aromatic N) is 3. The van der Waals surface area contributed by atoms with E-state index in [9.17, 15) is 14.7 Å². The number of halogens is 3. The molecule has 4 aliphatic rings. The van der Waals surface area contributed by atoms with Crippen molar-refractivity contribution in [3.63, 3.8) is 0 Å². The van der Waals surface area contributed by atoms with Gasteiger partial charge in [-0.25, -0.2) is 13.6 Å². The van der Waals surface area contributed by atoms with Crippen LogP contribution in [0.5, 0.6) is 5.75 Å². The largest absolute Gasteiger partial charge is 0.511 e. The molecule has 4 unspecified atom stereocenters. The van der Waals surface area contributed by atoms with Crippen molar-refractivity contribution in [3.05, 3.63) is 34.1 Å². The Morgan fingerprint density at radius 2 is 1.88 bits per heavy atom. The standard InChI is InChI=1S/C22H23F2N3O5.ClH/c23-15-5-14-19(27(11-1-2-11)9-17(21(14)29)32-22(30)31)18(24)20(15)25-6-10-3-12-4-13(28)7-26(12)16(10)8-25;/h5,9-13,16,28H,1-4,6-8H2,(H,30,31);1H. The van der Waals surface area contributed by atoms with E-state index in [1.165, 1.54) is 10.8 Å². The minimum absolute atomic E-state index is 0. The Morgan fingerprint density at radius 1 is 1.12 bits per heavy atom. The third-order valence-electron chi connectivity index (χ3n) is 7.45. The van der Waals surface area contributed by atoms with Crippen molar-refractivity contribution in [3.8, 4) is 5.75 Å². The van der Waals surface area contributed by atoms with Gasteiger partial charge in [0.15, 0.2) is 11.6 Å². The van der Waals surface area contributed by atoms with E-state index in [4.69, 9.17) is 5.11 Å². The Balaban J connectivity index is 0.00000228. The number of aromatic nitrogens is 1. The van der Waals surface area contributed by atoms with Gasteiger partial charge in [-0.3, -0.25) is 9.69 Å². The van der Waals surface area contributed by atoms with E-state index in [-0.39, 0.29) is 53.1 Å². The van der Waals surface area contributed by atoms with Crippen LogP contribution in [0.25, 0.3) is 10.9 Å². The molecule has 0 amide bonds. The van der Waals surface area contributed by atoms with Gasteiger partial charge >= 0.3 is 6.16 Å². The lowest BCUT2D eigenvalue weighted by Crippen LogP contribution is -2.37. The first-order valence-corrected chi connectivity index (χ1v) is 11.0. The molecule has 4 atom stereocenters. The highest BCUT2D eigenvalue weighted by atomic mass is 35.5. The predicted molar refractivity (Wildman–Crippen MR) is 118 cm³/mol. The van der Waals surface area contributed by atoms with Gasteiger partial charge in [0, 0.05) is 37.8 Å². The summed E-state index contributed by atoms with van der Waals surface area (Å²) in [5.41, 5.74) is -1.02. The zero-order valence-electron chi connectivity index (χ0n) is 17.6. The van der Waals surface area contributed by atoms with Crippen molar-refractivity contribution in [1.29, 1.82) is 0 Å². The molecule has 0 radical (unpaired) electrons. The molecule has 3 aliphatic heterocycles. The first-order chi connectivity index (χ1) is 15.3. The molecule has 2 N–H and O–H groups in total. The summed E-state index contributed by atoms with van der Waals surface area (Å²) in [6.07, 6.45) is 2.37. The van der Waals surface area contributed by atoms with Crippen molar-refractivity contribution in [2.75, 3.05) is 24.5 Å². The molecule has 11 heteroatoms. The van der Waals surface area contributed by atoms with Crippen molar-refractivity contribution in [1.82, 2.24) is 9.47 Å². The zero-order chi connectivity index (χ0) is 22.3. The summed E-state index contributed by atoms with van der Waals surface area (Å²) in [5.74, 6) is -1.83. The fourth-order valence-corrected chi connectivity index (χ4v) is 6.05. The monoisotopic (exact) mass is 483 g/mol. The topological polar surface area (TPSA) is 95.2 Å². The lowest BCUT2D eigenvalue weighted by atomic mass is 10.00. The second kappa shape index (κ2) is 7.82. The Morgan fingerprint density at radius 3 is 2.58 bits per heavy atom. The molecule has 1 saturated carbocycles. The number of rotatable bonds is 3. The van der Waals surface area contributed by atoms with Crippen molar-refractivity contribution in [2.45, 2.75) is 49.9 Å². The van der Waals surface area contributed by atoms with E-state index in [2.05, 4.69) is 9.64 Å². The van der Waals surface area contributed by atoms with E-state index < -0.39 is 29.0 Å². The van der Waals surface area contributed by atoms with Crippen molar-refractivity contribution in [2.24, 2.45) is 5.92 Å². The second-order valence-electron chi connectivity index (χ2n) is 9.45. The third-order valence-corrected chi connectivity index (χ3v) is 7.45. The van der Waals surface area contributed by atoms with Gasteiger partial charge in [0.05, 0.1) is 23.2 Å². The lowest BCUT2D eigenvalue weighted by Gasteiger charge is -2.26. The highest BCUT2D eigenvalue weighted by molar-refractivity contribution is 5.86. The molecule has 1 aliphatic carbocycles. The van der Waals surface area contributed by atoms with E-state index in [1.807, 2.05) is 0 Å². The molecule has 2 aromatic rings. The molecule has 4 fully saturated rings. The fourth-order valence-electron chi connectivity index (χ4n) is 6.05. The number of aliphatic hydroxyl groups is 1. The molecule has 0 spiro atoms. The van der Waals surface area contributed by atoms with E-state index in [0.29, 0.717) is 25.7 Å². The van der Waals surface area contributed by atoms with Gasteiger partial charge in [-0.15, -0.1) is 12.4 Å². The number of carboxylic acid groups (broad SMARTS) is 1. The molecule has 178 valence electrons. The SMILES string of the molecule is Cl.O=C(O)Oc1cn(C2CC2)c2c(F)c(N3CC4CC5CC(O)CN5C4C3)c(F)cc2c1=O. The summed E-state index contributed by atoms with van der Waals surface area (Å²) in [4.78, 5) is 27.7. The maximum atomic E-state index is 15.9. The Hall–Kier alpha value is -2.43. The molecule has 1 aromatic carbocycles. The highest BCUT2D eigenvalue weighted by Gasteiger charge is 2.50. The van der Waals surface area contributed by atoms with Crippen LogP contribution in [0.2, 0.25) is 0 Å².